The van der Waals surface area contributed by atoms with Crippen LogP contribution in [0.2, 0.25) is 0 Å². The van der Waals surface area contributed by atoms with E-state index in [1.54, 1.807) is 0 Å². The molecule has 0 N–H and O–H groups in total. The molecule has 2 aliphatic heterocycles. The molecule has 2 heterocycles. The first kappa shape index (κ1) is 23.1. The Kier molecular flexibility index (Phi) is 10.9. The fraction of sp³-hybridized carbons (Fsp3) is 0.909. The lowest BCUT2D eigenvalue weighted by atomic mass is 10.1. The van der Waals surface area contributed by atoms with Crippen LogP contribution in [0.3, 0.4) is 0 Å². The minimum absolute atomic E-state index is 0.0637. The Morgan fingerprint density at radius 2 is 1.04 bits per heavy atom. The summed E-state index contributed by atoms with van der Waals surface area (Å²) in [6.07, 6.45) is 9.56. The highest BCUT2D eigenvalue weighted by atomic mass is 16.5. The maximum Gasteiger partial charge on any atom is 0.306 e. The van der Waals surface area contributed by atoms with E-state index in [9.17, 15) is 9.59 Å². The van der Waals surface area contributed by atoms with Crippen molar-refractivity contribution >= 4 is 11.9 Å². The van der Waals surface area contributed by atoms with Crippen molar-refractivity contribution in [1.29, 1.82) is 0 Å². The molecular formula is C22H40N2O4. The molecule has 2 unspecified atom stereocenters. The number of likely N-dealkylation sites (tertiary alicyclic amines) is 2. The Morgan fingerprint density at radius 1 is 0.679 bits per heavy atom. The van der Waals surface area contributed by atoms with Crippen molar-refractivity contribution in [2.45, 2.75) is 90.3 Å². The first-order valence-electron chi connectivity index (χ1n) is 11.4. The van der Waals surface area contributed by atoms with E-state index in [0.717, 1.165) is 39.3 Å². The number of rotatable bonds is 11. The van der Waals surface area contributed by atoms with Crippen molar-refractivity contribution in [2.24, 2.45) is 0 Å². The minimum Gasteiger partial charge on any atom is -0.461 e. The maximum absolute atomic E-state index is 12.0. The Balaban J connectivity index is 1.48. The van der Waals surface area contributed by atoms with Crippen molar-refractivity contribution in [2.75, 3.05) is 39.3 Å². The van der Waals surface area contributed by atoms with Crippen molar-refractivity contribution in [3.05, 3.63) is 0 Å². The van der Waals surface area contributed by atoms with Gasteiger partial charge in [0, 0.05) is 25.9 Å². The van der Waals surface area contributed by atoms with Gasteiger partial charge in [-0.2, -0.15) is 0 Å². The number of carbonyl (C=O) groups excluding carboxylic acids is 2. The summed E-state index contributed by atoms with van der Waals surface area (Å²) < 4.78 is 11.0. The van der Waals surface area contributed by atoms with Crippen LogP contribution < -0.4 is 0 Å². The van der Waals surface area contributed by atoms with Gasteiger partial charge in [0.05, 0.1) is 0 Å². The first-order valence-corrected chi connectivity index (χ1v) is 11.4. The standard InChI is InChI=1S/C22H40N2O4/c1-19(17-23-13-7-3-8-14-23)27-21(25)11-5-6-12-22(26)28-20(2)18-24-15-9-4-10-16-24/h19-20H,3-18H2,1-2H3. The van der Waals surface area contributed by atoms with Crippen LogP contribution in [0.5, 0.6) is 0 Å². The van der Waals surface area contributed by atoms with E-state index in [2.05, 4.69) is 9.80 Å². The second-order valence-corrected chi connectivity index (χ2v) is 8.53. The highest BCUT2D eigenvalue weighted by Crippen LogP contribution is 2.12. The topological polar surface area (TPSA) is 59.1 Å². The second kappa shape index (κ2) is 13.2. The van der Waals surface area contributed by atoms with Gasteiger partial charge in [-0.15, -0.1) is 0 Å². The third-order valence-electron chi connectivity index (χ3n) is 5.61. The zero-order valence-corrected chi connectivity index (χ0v) is 18.0. The molecule has 6 heteroatoms. The van der Waals surface area contributed by atoms with Crippen molar-refractivity contribution in [1.82, 2.24) is 9.80 Å². The monoisotopic (exact) mass is 396 g/mol. The van der Waals surface area contributed by atoms with Crippen LogP contribution in [-0.2, 0) is 19.1 Å². The van der Waals surface area contributed by atoms with Crippen LogP contribution in [0.25, 0.3) is 0 Å². The molecule has 0 saturated carbocycles. The van der Waals surface area contributed by atoms with Crippen LogP contribution in [0, 0.1) is 0 Å². The van der Waals surface area contributed by atoms with E-state index in [1.807, 2.05) is 13.8 Å². The van der Waals surface area contributed by atoms with Crippen molar-refractivity contribution in [3.63, 3.8) is 0 Å². The summed E-state index contributed by atoms with van der Waals surface area (Å²) in [4.78, 5) is 28.7. The third kappa shape index (κ3) is 9.87. The molecule has 0 radical (unpaired) electrons. The molecule has 0 amide bonds. The predicted octanol–water partition coefficient (Wildman–Crippen LogP) is 3.38. The smallest absolute Gasteiger partial charge is 0.306 e. The molecule has 2 aliphatic rings. The third-order valence-corrected chi connectivity index (χ3v) is 5.61. The number of piperidine rings is 2. The van der Waals surface area contributed by atoms with Crippen LogP contribution >= 0.6 is 0 Å². The SMILES string of the molecule is CC(CN1CCCCC1)OC(=O)CCCCC(=O)OC(C)CN1CCCCC1. The number of esters is 2. The Labute approximate surface area is 170 Å². The summed E-state index contributed by atoms with van der Waals surface area (Å²) >= 11 is 0. The highest BCUT2D eigenvalue weighted by molar-refractivity contribution is 5.70. The van der Waals surface area contributed by atoms with Crippen molar-refractivity contribution < 1.29 is 19.1 Å². The molecule has 0 aromatic rings. The molecule has 6 nitrogen and oxygen atoms in total. The van der Waals surface area contributed by atoms with Gasteiger partial charge in [-0.05, 0) is 78.6 Å². The fourth-order valence-electron chi connectivity index (χ4n) is 4.19. The molecule has 2 rings (SSSR count). The molecule has 2 atom stereocenters. The number of nitrogens with zero attached hydrogens (tertiary/aromatic N) is 2. The van der Waals surface area contributed by atoms with E-state index < -0.39 is 0 Å². The van der Waals surface area contributed by atoms with Gasteiger partial charge in [-0.3, -0.25) is 19.4 Å². The van der Waals surface area contributed by atoms with Gasteiger partial charge in [-0.1, -0.05) is 12.8 Å². The molecule has 28 heavy (non-hydrogen) atoms. The summed E-state index contributed by atoms with van der Waals surface area (Å²) in [7, 11) is 0. The number of ether oxygens (including phenoxy) is 2. The Morgan fingerprint density at radius 3 is 1.39 bits per heavy atom. The van der Waals surface area contributed by atoms with Gasteiger partial charge in [-0.25, -0.2) is 0 Å². The highest BCUT2D eigenvalue weighted by Gasteiger charge is 2.18. The predicted molar refractivity (Wildman–Crippen MR) is 110 cm³/mol. The maximum atomic E-state index is 12.0. The Bertz CT molecular complexity index is 417. The summed E-state index contributed by atoms with van der Waals surface area (Å²) in [6, 6.07) is 0. The van der Waals surface area contributed by atoms with Crippen LogP contribution in [0.15, 0.2) is 0 Å². The van der Waals surface area contributed by atoms with E-state index in [1.165, 1.54) is 38.5 Å². The molecule has 0 aliphatic carbocycles. The normalized spacial score (nSPS) is 21.1. The number of carbonyl (C=O) groups is 2. The first-order chi connectivity index (χ1) is 13.5. The molecule has 0 aromatic carbocycles. The molecule has 0 bridgehead atoms. The number of hydrogen-bond donors (Lipinski definition) is 0. The lowest BCUT2D eigenvalue weighted by Crippen LogP contribution is -2.37. The molecule has 0 aromatic heterocycles. The lowest BCUT2D eigenvalue weighted by molar-refractivity contribution is -0.151. The van der Waals surface area contributed by atoms with Gasteiger partial charge < -0.3 is 9.47 Å². The van der Waals surface area contributed by atoms with E-state index >= 15 is 0 Å². The second-order valence-electron chi connectivity index (χ2n) is 8.53. The van der Waals surface area contributed by atoms with Crippen LogP contribution in [0.1, 0.15) is 78.1 Å². The summed E-state index contributed by atoms with van der Waals surface area (Å²) in [6.45, 7) is 10.0. The largest absolute Gasteiger partial charge is 0.461 e. The average Bonchev–Trinajstić information content (AvgIpc) is 2.66. The molecule has 2 saturated heterocycles. The van der Waals surface area contributed by atoms with E-state index in [0.29, 0.717) is 25.7 Å². The molecular weight excluding hydrogens is 356 g/mol. The van der Waals surface area contributed by atoms with Gasteiger partial charge in [0.2, 0.25) is 0 Å². The summed E-state index contributed by atoms with van der Waals surface area (Å²) in [5.41, 5.74) is 0. The zero-order chi connectivity index (χ0) is 20.2. The number of hydrogen-bond acceptors (Lipinski definition) is 6. The lowest BCUT2D eigenvalue weighted by Gasteiger charge is -2.28. The van der Waals surface area contributed by atoms with Gasteiger partial charge >= 0.3 is 11.9 Å². The quantitative estimate of drug-likeness (QED) is 0.394. The zero-order valence-electron chi connectivity index (χ0n) is 18.0. The average molecular weight is 397 g/mol. The van der Waals surface area contributed by atoms with Gasteiger partial charge in [0.15, 0.2) is 0 Å². The fourth-order valence-corrected chi connectivity index (χ4v) is 4.19. The molecule has 162 valence electrons. The van der Waals surface area contributed by atoms with E-state index in [4.69, 9.17) is 9.47 Å². The summed E-state index contributed by atoms with van der Waals surface area (Å²) in [5, 5.41) is 0. The summed E-state index contributed by atoms with van der Waals surface area (Å²) in [5.74, 6) is -0.312. The molecule has 0 spiro atoms. The van der Waals surface area contributed by atoms with Crippen LogP contribution in [-0.4, -0.2) is 73.2 Å². The minimum atomic E-state index is -0.156. The van der Waals surface area contributed by atoms with Gasteiger partial charge in [0.1, 0.15) is 12.2 Å². The Hall–Kier alpha value is -1.14. The van der Waals surface area contributed by atoms with Crippen LogP contribution in [0.4, 0.5) is 0 Å². The van der Waals surface area contributed by atoms with Gasteiger partial charge in [0.25, 0.3) is 0 Å². The van der Waals surface area contributed by atoms with E-state index in [-0.39, 0.29) is 24.1 Å². The number of unbranched alkanes of at least 4 members (excludes halogenated alkanes) is 1. The van der Waals surface area contributed by atoms with Crippen molar-refractivity contribution in [3.8, 4) is 0 Å². The molecule has 2 fully saturated rings.